The van der Waals surface area contributed by atoms with Gasteiger partial charge in [0.05, 0.1) is 5.60 Å². The summed E-state index contributed by atoms with van der Waals surface area (Å²) in [6.07, 6.45) is 4.97. The summed E-state index contributed by atoms with van der Waals surface area (Å²) in [5.74, 6) is 1.98. The van der Waals surface area contributed by atoms with Gasteiger partial charge < -0.3 is 15.0 Å². The molecule has 0 bridgehead atoms. The average Bonchev–Trinajstić information content (AvgIpc) is 2.46. The molecule has 1 saturated heterocycles. The summed E-state index contributed by atoms with van der Waals surface area (Å²) in [5, 5.41) is 3.37. The topological polar surface area (TPSA) is 50.3 Å². The summed E-state index contributed by atoms with van der Waals surface area (Å²) in [6.45, 7) is 9.27. The van der Waals surface area contributed by atoms with Crippen LogP contribution in [0.25, 0.3) is 0 Å². The molecule has 20 heavy (non-hydrogen) atoms. The third-order valence-electron chi connectivity index (χ3n) is 4.05. The van der Waals surface area contributed by atoms with Gasteiger partial charge in [-0.1, -0.05) is 6.92 Å². The number of aromatic nitrogens is 2. The van der Waals surface area contributed by atoms with Crippen molar-refractivity contribution in [3.63, 3.8) is 0 Å². The lowest BCUT2D eigenvalue weighted by atomic mass is 9.94. The van der Waals surface area contributed by atoms with Crippen molar-refractivity contribution in [2.75, 3.05) is 37.0 Å². The molecule has 1 aromatic heterocycles. The van der Waals surface area contributed by atoms with E-state index >= 15 is 0 Å². The number of piperidine rings is 1. The number of rotatable bonds is 5. The summed E-state index contributed by atoms with van der Waals surface area (Å²) in [6, 6.07) is 0. The second-order valence-electron chi connectivity index (χ2n) is 5.78. The van der Waals surface area contributed by atoms with Crippen LogP contribution in [-0.4, -0.2) is 42.3 Å². The van der Waals surface area contributed by atoms with E-state index in [1.807, 2.05) is 0 Å². The minimum Gasteiger partial charge on any atom is -0.377 e. The minimum absolute atomic E-state index is 0.0767. The number of hydrogen-bond donors (Lipinski definition) is 1. The quantitative estimate of drug-likeness (QED) is 0.897. The molecule has 2 heterocycles. The number of methoxy groups -OCH3 is 1. The van der Waals surface area contributed by atoms with Crippen molar-refractivity contribution in [3.05, 3.63) is 11.9 Å². The van der Waals surface area contributed by atoms with Crippen LogP contribution in [0.15, 0.2) is 6.33 Å². The third kappa shape index (κ3) is 3.20. The van der Waals surface area contributed by atoms with Gasteiger partial charge in [-0.25, -0.2) is 9.97 Å². The van der Waals surface area contributed by atoms with Crippen molar-refractivity contribution in [3.8, 4) is 0 Å². The maximum Gasteiger partial charge on any atom is 0.137 e. The number of anilines is 2. The minimum atomic E-state index is -0.0767. The van der Waals surface area contributed by atoms with Crippen molar-refractivity contribution in [1.29, 1.82) is 0 Å². The number of hydrogen-bond acceptors (Lipinski definition) is 5. The number of ether oxygens (including phenoxy) is 1. The van der Waals surface area contributed by atoms with Crippen molar-refractivity contribution >= 4 is 11.6 Å². The fraction of sp³-hybridized carbons (Fsp3) is 0.733. The Balaban J connectivity index is 2.19. The summed E-state index contributed by atoms with van der Waals surface area (Å²) in [7, 11) is 1.80. The highest BCUT2D eigenvalue weighted by atomic mass is 16.5. The average molecular weight is 278 g/mol. The van der Waals surface area contributed by atoms with Crippen molar-refractivity contribution in [1.82, 2.24) is 9.97 Å². The van der Waals surface area contributed by atoms with Crippen LogP contribution in [0.1, 0.15) is 38.7 Å². The Labute approximate surface area is 121 Å². The predicted octanol–water partition coefficient (Wildman–Crippen LogP) is 2.61. The van der Waals surface area contributed by atoms with E-state index in [1.54, 1.807) is 13.4 Å². The van der Waals surface area contributed by atoms with Gasteiger partial charge in [0.2, 0.25) is 0 Å². The number of nitrogens with one attached hydrogen (secondary N) is 1. The lowest BCUT2D eigenvalue weighted by Crippen LogP contribution is -2.48. The first kappa shape index (κ1) is 15.0. The summed E-state index contributed by atoms with van der Waals surface area (Å²) >= 11 is 0. The zero-order valence-electron chi connectivity index (χ0n) is 13.1. The van der Waals surface area contributed by atoms with Gasteiger partial charge in [-0.2, -0.15) is 0 Å². The van der Waals surface area contributed by atoms with Gasteiger partial charge in [-0.3, -0.25) is 0 Å². The van der Waals surface area contributed by atoms with Gasteiger partial charge in [-0.05, 0) is 33.1 Å². The highest BCUT2D eigenvalue weighted by molar-refractivity contribution is 5.58. The molecule has 112 valence electrons. The van der Waals surface area contributed by atoms with Crippen LogP contribution in [0.3, 0.4) is 0 Å². The second kappa shape index (κ2) is 6.39. The SMILES string of the molecule is CCCNc1ncnc(N2CCCC(C)(OC)C2)c1C. The highest BCUT2D eigenvalue weighted by Gasteiger charge is 2.32. The van der Waals surface area contributed by atoms with Crippen LogP contribution < -0.4 is 10.2 Å². The van der Waals surface area contributed by atoms with Crippen LogP contribution in [0.5, 0.6) is 0 Å². The molecule has 0 radical (unpaired) electrons. The first-order valence-electron chi connectivity index (χ1n) is 7.45. The Morgan fingerprint density at radius 1 is 1.45 bits per heavy atom. The van der Waals surface area contributed by atoms with Crippen LogP contribution in [0, 0.1) is 6.92 Å². The van der Waals surface area contributed by atoms with Gasteiger partial charge in [0.25, 0.3) is 0 Å². The Hall–Kier alpha value is -1.36. The maximum absolute atomic E-state index is 5.66. The molecule has 0 amide bonds. The van der Waals surface area contributed by atoms with Crippen molar-refractivity contribution in [2.45, 2.75) is 45.6 Å². The zero-order chi connectivity index (χ0) is 14.6. The first-order chi connectivity index (χ1) is 9.59. The van der Waals surface area contributed by atoms with Gasteiger partial charge in [0.1, 0.15) is 18.0 Å². The Bertz CT molecular complexity index is 451. The van der Waals surface area contributed by atoms with E-state index in [0.717, 1.165) is 56.1 Å². The van der Waals surface area contributed by atoms with E-state index in [0.29, 0.717) is 0 Å². The van der Waals surface area contributed by atoms with Crippen LogP contribution in [-0.2, 0) is 4.74 Å². The van der Waals surface area contributed by atoms with Gasteiger partial charge in [0, 0.05) is 32.3 Å². The normalized spacial score (nSPS) is 22.9. The largest absolute Gasteiger partial charge is 0.377 e. The maximum atomic E-state index is 5.66. The lowest BCUT2D eigenvalue weighted by Gasteiger charge is -2.40. The predicted molar refractivity (Wildman–Crippen MR) is 82.4 cm³/mol. The molecule has 1 unspecified atom stereocenters. The molecule has 1 aliphatic heterocycles. The lowest BCUT2D eigenvalue weighted by molar-refractivity contribution is -0.00483. The molecule has 1 fully saturated rings. The monoisotopic (exact) mass is 278 g/mol. The first-order valence-corrected chi connectivity index (χ1v) is 7.45. The molecule has 1 N–H and O–H groups in total. The fourth-order valence-corrected chi connectivity index (χ4v) is 2.73. The Morgan fingerprint density at radius 2 is 2.25 bits per heavy atom. The number of nitrogens with zero attached hydrogens (tertiary/aromatic N) is 3. The van der Waals surface area contributed by atoms with E-state index in [-0.39, 0.29) is 5.60 Å². The smallest absolute Gasteiger partial charge is 0.137 e. The molecular formula is C15H26N4O. The van der Waals surface area contributed by atoms with E-state index in [9.17, 15) is 0 Å². The fourth-order valence-electron chi connectivity index (χ4n) is 2.73. The molecule has 2 rings (SSSR count). The standard InChI is InChI=1S/C15H26N4O/c1-5-8-16-13-12(2)14(18-11-17-13)19-9-6-7-15(3,10-19)20-4/h11H,5-10H2,1-4H3,(H,16,17,18). The molecule has 1 atom stereocenters. The molecule has 0 saturated carbocycles. The summed E-state index contributed by atoms with van der Waals surface area (Å²) < 4.78 is 5.66. The third-order valence-corrected chi connectivity index (χ3v) is 4.05. The Morgan fingerprint density at radius 3 is 2.95 bits per heavy atom. The van der Waals surface area contributed by atoms with E-state index < -0.39 is 0 Å². The zero-order valence-corrected chi connectivity index (χ0v) is 13.1. The summed E-state index contributed by atoms with van der Waals surface area (Å²) in [4.78, 5) is 11.2. The van der Waals surface area contributed by atoms with E-state index in [1.165, 1.54) is 0 Å². The van der Waals surface area contributed by atoms with Crippen molar-refractivity contribution in [2.24, 2.45) is 0 Å². The van der Waals surface area contributed by atoms with Gasteiger partial charge >= 0.3 is 0 Å². The molecule has 5 nitrogen and oxygen atoms in total. The molecule has 0 aliphatic carbocycles. The van der Waals surface area contributed by atoms with Crippen LogP contribution >= 0.6 is 0 Å². The Kier molecular flexibility index (Phi) is 4.81. The highest BCUT2D eigenvalue weighted by Crippen LogP contribution is 2.30. The molecule has 1 aliphatic rings. The molecule has 0 spiro atoms. The molecule has 0 aromatic carbocycles. The molecular weight excluding hydrogens is 252 g/mol. The van der Waals surface area contributed by atoms with E-state index in [2.05, 4.69) is 41.0 Å². The molecule has 1 aromatic rings. The van der Waals surface area contributed by atoms with Crippen molar-refractivity contribution < 1.29 is 4.74 Å². The second-order valence-corrected chi connectivity index (χ2v) is 5.78. The van der Waals surface area contributed by atoms with Crippen LogP contribution in [0.4, 0.5) is 11.6 Å². The summed E-state index contributed by atoms with van der Waals surface area (Å²) in [5.41, 5.74) is 1.05. The molecule has 5 heteroatoms. The van der Waals surface area contributed by atoms with Crippen LogP contribution in [0.2, 0.25) is 0 Å². The van der Waals surface area contributed by atoms with E-state index in [4.69, 9.17) is 4.74 Å². The van der Waals surface area contributed by atoms with Gasteiger partial charge in [-0.15, -0.1) is 0 Å². The van der Waals surface area contributed by atoms with Gasteiger partial charge in [0.15, 0.2) is 0 Å².